The van der Waals surface area contributed by atoms with Gasteiger partial charge in [0.1, 0.15) is 0 Å². The second-order valence-corrected chi connectivity index (χ2v) is 11.9. The number of amides is 4. The van der Waals surface area contributed by atoms with Gasteiger partial charge in [-0.15, -0.1) is 0 Å². The lowest BCUT2D eigenvalue weighted by Gasteiger charge is -2.16. The molecule has 0 aromatic rings. The Bertz CT molecular complexity index is 945. The number of carbonyl (C=O) groups excluding carboxylic acids is 3. The van der Waals surface area contributed by atoms with Crippen LogP contribution in [0.2, 0.25) is 0 Å². The van der Waals surface area contributed by atoms with E-state index in [2.05, 4.69) is 17.6 Å². The van der Waals surface area contributed by atoms with Gasteiger partial charge in [-0.3, -0.25) is 28.9 Å². The molecule has 1 unspecified atom stereocenters. The van der Waals surface area contributed by atoms with Gasteiger partial charge >= 0.3 is 18.0 Å². The van der Waals surface area contributed by atoms with Crippen molar-refractivity contribution in [2.75, 3.05) is 5.75 Å². The molecule has 0 aromatic heterocycles. The van der Waals surface area contributed by atoms with Crippen molar-refractivity contribution in [2.45, 2.75) is 100 Å². The predicted octanol–water partition coefficient (Wildman–Crippen LogP) is 1.62. The lowest BCUT2D eigenvalue weighted by atomic mass is 10.0. The van der Waals surface area contributed by atoms with Gasteiger partial charge in [-0.25, -0.2) is 4.79 Å². The summed E-state index contributed by atoms with van der Waals surface area (Å²) in [5, 5.41) is 29.4. The molecule has 4 atom stereocenters. The van der Waals surface area contributed by atoms with Crippen LogP contribution in [0.5, 0.6) is 0 Å². The molecule has 38 heavy (non-hydrogen) atoms. The lowest BCUT2D eigenvalue weighted by Crippen LogP contribution is -2.36. The molecule has 4 amide bonds. The van der Waals surface area contributed by atoms with E-state index < -0.39 is 45.5 Å². The van der Waals surface area contributed by atoms with Crippen molar-refractivity contribution in [3.8, 4) is 0 Å². The number of hydrogen-bond acceptors (Lipinski definition) is 9. The normalized spacial score (nSPS) is 24.0. The summed E-state index contributed by atoms with van der Waals surface area (Å²) in [5.41, 5.74) is 0. The highest BCUT2D eigenvalue weighted by Gasteiger charge is 2.45. The van der Waals surface area contributed by atoms with E-state index in [-0.39, 0.29) is 29.6 Å². The Hall–Kier alpha value is -2.43. The molecular formula is C22H37N3O11S2. The summed E-state index contributed by atoms with van der Waals surface area (Å²) in [6.45, 7) is 2.15. The van der Waals surface area contributed by atoms with Crippen LogP contribution in [-0.2, 0) is 29.3 Å². The average molecular weight is 584 g/mol. The molecule has 14 nitrogen and oxygen atoms in total. The van der Waals surface area contributed by atoms with Crippen molar-refractivity contribution in [3.63, 3.8) is 0 Å². The Morgan fingerprint density at radius 1 is 0.974 bits per heavy atom. The van der Waals surface area contributed by atoms with E-state index in [9.17, 15) is 32.4 Å². The molecule has 0 saturated carbocycles. The third-order valence-electron chi connectivity index (χ3n) is 6.00. The number of carbonyl (C=O) groups is 5. The number of imide groups is 1. The number of nitrogens with zero attached hydrogens (tertiary/aromatic N) is 1. The molecular weight excluding hydrogens is 546 g/mol. The zero-order valence-electron chi connectivity index (χ0n) is 21.2. The maximum absolute atomic E-state index is 11.1. The molecule has 0 spiro atoms. The fraction of sp³-hybridized carbons (Fsp3) is 0.773. The molecule has 3 heterocycles. The minimum absolute atomic E-state index is 0.0640. The second-order valence-electron chi connectivity index (χ2n) is 9.07. The second kappa shape index (κ2) is 16.5. The summed E-state index contributed by atoms with van der Waals surface area (Å²) >= 11 is 1.87. The molecule has 6 N–H and O–H groups in total. The first-order valence-corrected chi connectivity index (χ1v) is 15.0. The van der Waals surface area contributed by atoms with Gasteiger partial charge in [-0.2, -0.15) is 25.2 Å². The van der Waals surface area contributed by atoms with Gasteiger partial charge in [0, 0.05) is 23.8 Å². The van der Waals surface area contributed by atoms with Crippen molar-refractivity contribution in [2.24, 2.45) is 0 Å². The minimum atomic E-state index is -4.59. The molecule has 3 saturated heterocycles. The summed E-state index contributed by atoms with van der Waals surface area (Å²) < 4.78 is 29.1. The molecule has 0 radical (unpaired) electrons. The largest absolute Gasteiger partial charge is 0.481 e. The zero-order valence-corrected chi connectivity index (χ0v) is 22.8. The van der Waals surface area contributed by atoms with Crippen LogP contribution in [0, 0.1) is 0 Å². The van der Waals surface area contributed by atoms with E-state index in [4.69, 9.17) is 20.0 Å². The predicted molar refractivity (Wildman–Crippen MR) is 136 cm³/mol. The van der Waals surface area contributed by atoms with Gasteiger partial charge in [-0.05, 0) is 19.3 Å². The Morgan fingerprint density at radius 2 is 1.55 bits per heavy atom. The van der Waals surface area contributed by atoms with E-state index in [1.807, 2.05) is 11.8 Å². The van der Waals surface area contributed by atoms with Crippen LogP contribution < -0.4 is 10.6 Å². The summed E-state index contributed by atoms with van der Waals surface area (Å²) in [7, 11) is -4.59. The molecule has 0 aromatic carbocycles. The summed E-state index contributed by atoms with van der Waals surface area (Å²) in [4.78, 5) is 52.7. The molecule has 16 heteroatoms. The number of hydroxylamine groups is 2. The van der Waals surface area contributed by atoms with E-state index in [0.29, 0.717) is 11.7 Å². The number of rotatable bonds is 12. The first-order chi connectivity index (χ1) is 17.8. The van der Waals surface area contributed by atoms with Gasteiger partial charge < -0.3 is 20.8 Å². The quantitative estimate of drug-likeness (QED) is 0.0633. The van der Waals surface area contributed by atoms with E-state index in [1.54, 1.807) is 0 Å². The van der Waals surface area contributed by atoms with Crippen LogP contribution in [0.1, 0.15) is 77.6 Å². The fourth-order valence-corrected chi connectivity index (χ4v) is 6.22. The van der Waals surface area contributed by atoms with Gasteiger partial charge in [0.05, 0.1) is 18.5 Å². The van der Waals surface area contributed by atoms with Gasteiger partial charge in [0.2, 0.25) is 0 Å². The van der Waals surface area contributed by atoms with Gasteiger partial charge in [0.15, 0.2) is 5.25 Å². The minimum Gasteiger partial charge on any atom is -0.481 e. The van der Waals surface area contributed by atoms with E-state index in [0.717, 1.165) is 37.9 Å². The number of carboxylic acid groups (broad SMARTS) is 2. The topological polar surface area (TPSA) is 228 Å². The average Bonchev–Trinajstić information content (AvgIpc) is 3.45. The van der Waals surface area contributed by atoms with Crippen molar-refractivity contribution in [1.29, 1.82) is 0 Å². The molecule has 3 aliphatic heterocycles. The lowest BCUT2D eigenvalue weighted by molar-refractivity contribution is -0.171. The van der Waals surface area contributed by atoms with Crippen molar-refractivity contribution in [1.82, 2.24) is 15.7 Å². The number of urea groups is 1. The third-order valence-corrected chi connectivity index (χ3v) is 8.60. The SMILES string of the molecule is CCCCCCCC(=O)O.O=C(O)CCCC[C@@H]1SC[C@@H]2NC(=O)N[C@@H]21.O=C1CC(S(=O)(=O)O)C(=O)N1O. The Morgan fingerprint density at radius 3 is 2.03 bits per heavy atom. The summed E-state index contributed by atoms with van der Waals surface area (Å²) in [6, 6.07) is 0.440. The van der Waals surface area contributed by atoms with Crippen LogP contribution in [0.15, 0.2) is 0 Å². The fourth-order valence-electron chi connectivity index (χ4n) is 3.97. The van der Waals surface area contributed by atoms with Crippen molar-refractivity contribution in [3.05, 3.63) is 0 Å². The van der Waals surface area contributed by atoms with Crippen LogP contribution >= 0.6 is 11.8 Å². The molecule has 218 valence electrons. The molecule has 3 aliphatic rings. The van der Waals surface area contributed by atoms with Crippen LogP contribution in [0.4, 0.5) is 4.79 Å². The highest BCUT2D eigenvalue weighted by molar-refractivity contribution is 8.00. The van der Waals surface area contributed by atoms with Crippen molar-refractivity contribution < 1.29 is 52.4 Å². The van der Waals surface area contributed by atoms with Crippen LogP contribution in [-0.4, -0.2) is 91.6 Å². The maximum atomic E-state index is 11.1. The number of thioether (sulfide) groups is 1. The number of aliphatic carboxylic acids is 2. The molecule has 3 fully saturated rings. The number of unbranched alkanes of at least 4 members (excludes halogenated alkanes) is 5. The Labute approximate surface area is 225 Å². The Balaban J connectivity index is 0.000000296. The molecule has 3 rings (SSSR count). The zero-order chi connectivity index (χ0) is 28.9. The third kappa shape index (κ3) is 12.0. The van der Waals surface area contributed by atoms with Crippen LogP contribution in [0.3, 0.4) is 0 Å². The Kier molecular flexibility index (Phi) is 14.6. The van der Waals surface area contributed by atoms with Gasteiger partial charge in [-0.1, -0.05) is 39.0 Å². The smallest absolute Gasteiger partial charge is 0.315 e. The standard InChI is InChI=1S/C10H16N2O3S.C8H16O2.C4H5NO6S/c13-8(14)4-2-1-3-7-9-6(5-16-7)11-10(15)12-9;1-2-3-4-5-6-7-8(9)10;6-3-1-2(12(9,10)11)4(7)5(3)8/h6-7,9H,1-5H2,(H,13,14)(H2,11,12,15);2-7H2,1H3,(H,9,10);2,8H,1H2,(H,9,10,11)/t6-,7-,9-;;/m0../s1. The highest BCUT2D eigenvalue weighted by Crippen LogP contribution is 2.33. The first kappa shape index (κ1) is 33.6. The summed E-state index contributed by atoms with van der Waals surface area (Å²) in [5.74, 6) is -2.79. The molecule has 0 bridgehead atoms. The van der Waals surface area contributed by atoms with E-state index in [1.165, 1.54) is 19.3 Å². The summed E-state index contributed by atoms with van der Waals surface area (Å²) in [6.07, 6.45) is 8.05. The molecule has 0 aliphatic carbocycles. The number of nitrogens with one attached hydrogen (secondary N) is 2. The van der Waals surface area contributed by atoms with Crippen LogP contribution in [0.25, 0.3) is 0 Å². The number of hydrogen-bond donors (Lipinski definition) is 6. The van der Waals surface area contributed by atoms with Gasteiger partial charge in [0.25, 0.3) is 21.9 Å². The monoisotopic (exact) mass is 583 g/mol. The maximum Gasteiger partial charge on any atom is 0.315 e. The first-order valence-electron chi connectivity index (χ1n) is 12.4. The number of carboxylic acids is 2. The highest BCUT2D eigenvalue weighted by atomic mass is 32.2. The number of fused-ring (bicyclic) bond motifs is 1. The van der Waals surface area contributed by atoms with E-state index >= 15 is 0 Å². The van der Waals surface area contributed by atoms with Crippen molar-refractivity contribution >= 4 is 51.7 Å².